The fourth-order valence-corrected chi connectivity index (χ4v) is 1.36. The Morgan fingerprint density at radius 3 is 2.61 bits per heavy atom. The van der Waals surface area contributed by atoms with Gasteiger partial charge in [-0.25, -0.2) is 0 Å². The van der Waals surface area contributed by atoms with Crippen molar-refractivity contribution in [1.82, 2.24) is 4.98 Å². The van der Waals surface area contributed by atoms with E-state index in [0.29, 0.717) is 24.5 Å². The molecule has 98 valence electrons. The Kier molecular flexibility index (Phi) is 6.42. The van der Waals surface area contributed by atoms with Crippen molar-refractivity contribution in [2.75, 3.05) is 6.54 Å². The summed E-state index contributed by atoms with van der Waals surface area (Å²) in [6.45, 7) is 0.710. The van der Waals surface area contributed by atoms with Gasteiger partial charge in [-0.15, -0.1) is 10.2 Å². The number of amidine groups is 2. The first kappa shape index (κ1) is 14.1. The second-order valence-electron chi connectivity index (χ2n) is 3.89. The summed E-state index contributed by atoms with van der Waals surface area (Å²) in [5, 5.41) is 7.75. The zero-order chi connectivity index (χ0) is 13.2. The fourth-order valence-electron chi connectivity index (χ4n) is 1.36. The minimum absolute atomic E-state index is 0.264. The van der Waals surface area contributed by atoms with Crippen LogP contribution in [0.15, 0.2) is 34.6 Å². The van der Waals surface area contributed by atoms with E-state index in [2.05, 4.69) is 15.2 Å². The van der Waals surface area contributed by atoms with Crippen molar-refractivity contribution in [3.05, 3.63) is 30.1 Å². The lowest BCUT2D eigenvalue weighted by atomic mass is 10.2. The average Bonchev–Trinajstić information content (AvgIpc) is 2.42. The predicted molar refractivity (Wildman–Crippen MR) is 74.1 cm³/mol. The molecule has 1 aromatic rings. The number of unbranched alkanes of at least 4 members (excludes halogenated alkanes) is 2. The summed E-state index contributed by atoms with van der Waals surface area (Å²) in [4.78, 5) is 4.06. The van der Waals surface area contributed by atoms with Gasteiger partial charge in [0.05, 0.1) is 0 Å². The normalized spacial score (nSPS) is 12.7. The molecule has 0 saturated carbocycles. The summed E-state index contributed by atoms with van der Waals surface area (Å²) in [5.74, 6) is 0.742. The SMILES string of the molecule is NCCCCC/C(N)=N/N=C(\N)c1ccccn1. The van der Waals surface area contributed by atoms with Crippen LogP contribution in [0, 0.1) is 0 Å². The van der Waals surface area contributed by atoms with Crippen LogP contribution >= 0.6 is 0 Å². The molecule has 0 bridgehead atoms. The minimum atomic E-state index is 0.264. The molecule has 0 radical (unpaired) electrons. The van der Waals surface area contributed by atoms with Gasteiger partial charge in [-0.2, -0.15) is 0 Å². The number of pyridine rings is 1. The summed E-state index contributed by atoms with van der Waals surface area (Å²) in [6.07, 6.45) is 5.38. The van der Waals surface area contributed by atoms with Gasteiger partial charge >= 0.3 is 0 Å². The van der Waals surface area contributed by atoms with Crippen molar-refractivity contribution in [1.29, 1.82) is 0 Å². The van der Waals surface area contributed by atoms with Crippen molar-refractivity contribution < 1.29 is 0 Å². The van der Waals surface area contributed by atoms with E-state index in [1.165, 1.54) is 0 Å². The Bertz CT molecular complexity index is 398. The standard InChI is InChI=1S/C12H20N6/c13-8-4-1-2-7-11(14)17-18-12(15)10-6-3-5-9-16-10/h3,5-6,9H,1-2,4,7-8,13H2,(H2,14,17)(H2,15,18). The number of aromatic nitrogens is 1. The van der Waals surface area contributed by atoms with E-state index < -0.39 is 0 Å². The van der Waals surface area contributed by atoms with Crippen LogP contribution in [-0.2, 0) is 0 Å². The second kappa shape index (κ2) is 8.19. The number of rotatable bonds is 7. The van der Waals surface area contributed by atoms with E-state index in [-0.39, 0.29) is 5.84 Å². The van der Waals surface area contributed by atoms with Crippen LogP contribution < -0.4 is 17.2 Å². The molecule has 0 aliphatic carbocycles. The van der Waals surface area contributed by atoms with Gasteiger partial charge in [0.25, 0.3) is 0 Å². The lowest BCUT2D eigenvalue weighted by Crippen LogP contribution is -2.16. The van der Waals surface area contributed by atoms with Gasteiger partial charge in [-0.3, -0.25) is 4.98 Å². The van der Waals surface area contributed by atoms with Crippen molar-refractivity contribution in [3.8, 4) is 0 Å². The summed E-state index contributed by atoms with van der Waals surface area (Å²) >= 11 is 0. The van der Waals surface area contributed by atoms with Gasteiger partial charge in [0.1, 0.15) is 11.5 Å². The molecular weight excluding hydrogens is 228 g/mol. The highest BCUT2D eigenvalue weighted by Crippen LogP contribution is 1.99. The van der Waals surface area contributed by atoms with E-state index in [1.54, 1.807) is 12.3 Å². The van der Waals surface area contributed by atoms with Crippen LogP contribution in [0.5, 0.6) is 0 Å². The van der Waals surface area contributed by atoms with E-state index in [1.807, 2.05) is 12.1 Å². The molecule has 0 amide bonds. The van der Waals surface area contributed by atoms with Crippen molar-refractivity contribution in [2.45, 2.75) is 25.7 Å². The molecule has 0 aliphatic heterocycles. The molecule has 1 aromatic heterocycles. The molecule has 6 heteroatoms. The molecule has 0 aromatic carbocycles. The van der Waals surface area contributed by atoms with Crippen LogP contribution in [-0.4, -0.2) is 23.2 Å². The summed E-state index contributed by atoms with van der Waals surface area (Å²) in [5.41, 5.74) is 17.4. The van der Waals surface area contributed by atoms with Crippen LogP contribution in [0.4, 0.5) is 0 Å². The third-order valence-electron chi connectivity index (χ3n) is 2.35. The zero-order valence-corrected chi connectivity index (χ0v) is 10.4. The van der Waals surface area contributed by atoms with Crippen LogP contribution in [0.25, 0.3) is 0 Å². The Morgan fingerprint density at radius 1 is 1.11 bits per heavy atom. The Morgan fingerprint density at radius 2 is 1.94 bits per heavy atom. The van der Waals surface area contributed by atoms with E-state index >= 15 is 0 Å². The third kappa shape index (κ3) is 5.40. The molecule has 1 heterocycles. The Labute approximate surface area is 107 Å². The number of nitrogens with two attached hydrogens (primary N) is 3. The Hall–Kier alpha value is -1.95. The number of nitrogens with zero attached hydrogens (tertiary/aromatic N) is 3. The summed E-state index contributed by atoms with van der Waals surface area (Å²) in [7, 11) is 0. The first-order valence-corrected chi connectivity index (χ1v) is 6.01. The van der Waals surface area contributed by atoms with Gasteiger partial charge in [-0.1, -0.05) is 12.5 Å². The van der Waals surface area contributed by atoms with Crippen LogP contribution in [0.2, 0.25) is 0 Å². The highest BCUT2D eigenvalue weighted by molar-refractivity contribution is 5.96. The summed E-state index contributed by atoms with van der Waals surface area (Å²) in [6, 6.07) is 5.42. The lowest BCUT2D eigenvalue weighted by molar-refractivity contribution is 0.703. The fraction of sp³-hybridized carbons (Fsp3) is 0.417. The molecule has 18 heavy (non-hydrogen) atoms. The molecule has 0 aliphatic rings. The minimum Gasteiger partial charge on any atom is -0.386 e. The quantitative estimate of drug-likeness (QED) is 0.283. The van der Waals surface area contributed by atoms with E-state index in [4.69, 9.17) is 17.2 Å². The van der Waals surface area contributed by atoms with Gasteiger partial charge in [0.2, 0.25) is 0 Å². The maximum Gasteiger partial charge on any atom is 0.172 e. The molecule has 1 rings (SSSR count). The Balaban J connectivity index is 2.46. The molecule has 6 nitrogen and oxygen atoms in total. The molecule has 0 fully saturated rings. The van der Waals surface area contributed by atoms with E-state index in [9.17, 15) is 0 Å². The largest absolute Gasteiger partial charge is 0.386 e. The smallest absolute Gasteiger partial charge is 0.172 e. The van der Waals surface area contributed by atoms with Crippen LogP contribution in [0.3, 0.4) is 0 Å². The highest BCUT2D eigenvalue weighted by Gasteiger charge is 1.98. The van der Waals surface area contributed by atoms with Crippen molar-refractivity contribution in [2.24, 2.45) is 27.4 Å². The predicted octanol–water partition coefficient (Wildman–Crippen LogP) is 0.578. The lowest BCUT2D eigenvalue weighted by Gasteiger charge is -1.99. The second-order valence-corrected chi connectivity index (χ2v) is 3.89. The van der Waals surface area contributed by atoms with Gasteiger partial charge in [0, 0.05) is 12.6 Å². The van der Waals surface area contributed by atoms with E-state index in [0.717, 1.165) is 19.3 Å². The zero-order valence-electron chi connectivity index (χ0n) is 10.4. The topological polar surface area (TPSA) is 116 Å². The average molecular weight is 248 g/mol. The maximum absolute atomic E-state index is 5.73. The number of hydrogen-bond donors (Lipinski definition) is 3. The van der Waals surface area contributed by atoms with Crippen molar-refractivity contribution >= 4 is 11.7 Å². The maximum atomic E-state index is 5.73. The monoisotopic (exact) mass is 248 g/mol. The first-order chi connectivity index (χ1) is 8.74. The molecule has 0 atom stereocenters. The molecule has 0 saturated heterocycles. The molecular formula is C12H20N6. The first-order valence-electron chi connectivity index (χ1n) is 6.01. The van der Waals surface area contributed by atoms with Gasteiger partial charge in [0.15, 0.2) is 5.84 Å². The molecule has 0 unspecified atom stereocenters. The van der Waals surface area contributed by atoms with Crippen LogP contribution in [0.1, 0.15) is 31.4 Å². The number of hydrogen-bond acceptors (Lipinski definition) is 4. The third-order valence-corrected chi connectivity index (χ3v) is 2.35. The molecule has 0 spiro atoms. The van der Waals surface area contributed by atoms with Gasteiger partial charge in [-0.05, 0) is 31.5 Å². The van der Waals surface area contributed by atoms with Crippen molar-refractivity contribution in [3.63, 3.8) is 0 Å². The van der Waals surface area contributed by atoms with Gasteiger partial charge < -0.3 is 17.2 Å². The molecule has 6 N–H and O–H groups in total. The summed E-state index contributed by atoms with van der Waals surface area (Å²) < 4.78 is 0. The highest BCUT2D eigenvalue weighted by atomic mass is 15.3.